The lowest BCUT2D eigenvalue weighted by atomic mass is 10.1. The molecule has 2 rings (SSSR count). The van der Waals surface area contributed by atoms with Crippen molar-refractivity contribution in [3.05, 3.63) is 34.9 Å². The number of nitrogens with zero attached hydrogens (tertiary/aromatic N) is 2. The predicted molar refractivity (Wildman–Crippen MR) is 108 cm³/mol. The van der Waals surface area contributed by atoms with Crippen LogP contribution >= 0.6 is 0 Å². The third-order valence-electron chi connectivity index (χ3n) is 4.82. The Kier molecular flexibility index (Phi) is 8.92. The first-order chi connectivity index (χ1) is 12.6. The van der Waals surface area contributed by atoms with E-state index in [0.29, 0.717) is 6.10 Å². The molecule has 26 heavy (non-hydrogen) atoms. The molecule has 1 N–H and O–H groups in total. The molecular weight excluding hydrogens is 326 g/mol. The molecular formula is C21H35N3O2. The standard InChI is InChI=1S/C21H35N3O2/c1-5-22-21(23-16-19-8-7-17(2)15-18(19)3)24-11-9-20(10-12-24)26-14-6-13-25-4/h7-8,15,20H,5-6,9-14,16H2,1-4H3,(H,22,23). The molecule has 0 aliphatic carbocycles. The summed E-state index contributed by atoms with van der Waals surface area (Å²) in [6.45, 7) is 11.6. The highest BCUT2D eigenvalue weighted by atomic mass is 16.5. The fourth-order valence-electron chi connectivity index (χ4n) is 3.30. The molecule has 5 heteroatoms. The van der Waals surface area contributed by atoms with E-state index in [9.17, 15) is 0 Å². The van der Waals surface area contributed by atoms with Gasteiger partial charge in [0.2, 0.25) is 0 Å². The number of methoxy groups -OCH3 is 1. The van der Waals surface area contributed by atoms with E-state index in [1.54, 1.807) is 7.11 Å². The zero-order chi connectivity index (χ0) is 18.8. The fraction of sp³-hybridized carbons (Fsp3) is 0.667. The number of hydrogen-bond acceptors (Lipinski definition) is 3. The van der Waals surface area contributed by atoms with Crippen molar-refractivity contribution < 1.29 is 9.47 Å². The molecule has 146 valence electrons. The summed E-state index contributed by atoms with van der Waals surface area (Å²) in [4.78, 5) is 7.25. The smallest absolute Gasteiger partial charge is 0.194 e. The van der Waals surface area contributed by atoms with Gasteiger partial charge in [-0.05, 0) is 51.2 Å². The van der Waals surface area contributed by atoms with Crippen LogP contribution in [0.3, 0.4) is 0 Å². The molecule has 5 nitrogen and oxygen atoms in total. The summed E-state index contributed by atoms with van der Waals surface area (Å²) in [5.41, 5.74) is 3.91. The highest BCUT2D eigenvalue weighted by Gasteiger charge is 2.21. The number of hydrogen-bond donors (Lipinski definition) is 1. The molecule has 0 aromatic heterocycles. The monoisotopic (exact) mass is 361 g/mol. The zero-order valence-electron chi connectivity index (χ0n) is 16.9. The van der Waals surface area contributed by atoms with Gasteiger partial charge >= 0.3 is 0 Å². The minimum absolute atomic E-state index is 0.366. The van der Waals surface area contributed by atoms with Gasteiger partial charge in [-0.1, -0.05) is 23.8 Å². The molecule has 1 aliphatic rings. The summed E-state index contributed by atoms with van der Waals surface area (Å²) >= 11 is 0. The molecule has 1 aliphatic heterocycles. The molecule has 1 fully saturated rings. The van der Waals surface area contributed by atoms with Gasteiger partial charge in [0.25, 0.3) is 0 Å². The van der Waals surface area contributed by atoms with Gasteiger partial charge in [-0.2, -0.15) is 0 Å². The Labute approximate surface area is 158 Å². The van der Waals surface area contributed by atoms with Gasteiger partial charge in [-0.3, -0.25) is 0 Å². The topological polar surface area (TPSA) is 46.1 Å². The number of aryl methyl sites for hydroxylation is 2. The summed E-state index contributed by atoms with van der Waals surface area (Å²) in [6.07, 6.45) is 3.45. The van der Waals surface area contributed by atoms with E-state index in [1.807, 2.05) is 0 Å². The first kappa shape index (κ1) is 20.7. The van der Waals surface area contributed by atoms with Crippen molar-refractivity contribution >= 4 is 5.96 Å². The Balaban J connectivity index is 1.87. The maximum atomic E-state index is 5.96. The highest BCUT2D eigenvalue weighted by Crippen LogP contribution is 2.16. The lowest BCUT2D eigenvalue weighted by Crippen LogP contribution is -2.47. The van der Waals surface area contributed by atoms with Crippen LogP contribution in [-0.4, -0.2) is 56.9 Å². The van der Waals surface area contributed by atoms with Crippen LogP contribution in [0.1, 0.15) is 42.9 Å². The SMILES string of the molecule is CCNC(=NCc1ccc(C)cc1C)N1CCC(OCCCOC)CC1. The average molecular weight is 362 g/mol. The summed E-state index contributed by atoms with van der Waals surface area (Å²) < 4.78 is 11.0. The van der Waals surface area contributed by atoms with Gasteiger partial charge in [0.1, 0.15) is 0 Å². The number of likely N-dealkylation sites (tertiary alicyclic amines) is 1. The number of nitrogens with one attached hydrogen (secondary N) is 1. The molecule has 0 amide bonds. The van der Waals surface area contributed by atoms with Crippen molar-refractivity contribution in [1.82, 2.24) is 10.2 Å². The van der Waals surface area contributed by atoms with E-state index in [2.05, 4.69) is 49.2 Å². The van der Waals surface area contributed by atoms with Crippen LogP contribution in [0.5, 0.6) is 0 Å². The second-order valence-electron chi connectivity index (χ2n) is 7.00. The maximum absolute atomic E-state index is 5.96. The largest absolute Gasteiger partial charge is 0.385 e. The number of rotatable bonds is 8. The molecule has 0 spiro atoms. The molecule has 0 bridgehead atoms. The Morgan fingerprint density at radius 3 is 2.65 bits per heavy atom. The van der Waals surface area contributed by atoms with Crippen LogP contribution in [0.4, 0.5) is 0 Å². The Bertz CT molecular complexity index is 566. The molecule has 1 saturated heterocycles. The van der Waals surface area contributed by atoms with E-state index in [4.69, 9.17) is 14.5 Å². The highest BCUT2D eigenvalue weighted by molar-refractivity contribution is 5.80. The third-order valence-corrected chi connectivity index (χ3v) is 4.82. The minimum Gasteiger partial charge on any atom is -0.385 e. The summed E-state index contributed by atoms with van der Waals surface area (Å²) in [5, 5.41) is 3.45. The van der Waals surface area contributed by atoms with Gasteiger partial charge in [0, 0.05) is 40.0 Å². The van der Waals surface area contributed by atoms with Crippen molar-refractivity contribution in [3.8, 4) is 0 Å². The molecule has 0 unspecified atom stereocenters. The molecule has 1 heterocycles. The van der Waals surface area contributed by atoms with Gasteiger partial charge in [-0.25, -0.2) is 4.99 Å². The van der Waals surface area contributed by atoms with Crippen LogP contribution < -0.4 is 5.32 Å². The molecule has 0 radical (unpaired) electrons. The number of benzene rings is 1. The van der Waals surface area contributed by atoms with Crippen molar-refractivity contribution in [3.63, 3.8) is 0 Å². The number of guanidine groups is 1. The Morgan fingerprint density at radius 2 is 2.00 bits per heavy atom. The van der Waals surface area contributed by atoms with E-state index >= 15 is 0 Å². The predicted octanol–water partition coefficient (Wildman–Crippen LogP) is 3.29. The minimum atomic E-state index is 0.366. The normalized spacial score (nSPS) is 16.2. The number of aliphatic imine (C=N–C) groups is 1. The molecule has 1 aromatic carbocycles. The maximum Gasteiger partial charge on any atom is 0.194 e. The number of piperidine rings is 1. The van der Waals surface area contributed by atoms with Crippen molar-refractivity contribution in [2.24, 2.45) is 4.99 Å². The van der Waals surface area contributed by atoms with Crippen LogP contribution in [0.15, 0.2) is 23.2 Å². The Morgan fingerprint density at radius 1 is 1.23 bits per heavy atom. The van der Waals surface area contributed by atoms with Crippen molar-refractivity contribution in [2.75, 3.05) is 40.0 Å². The molecule has 0 atom stereocenters. The van der Waals surface area contributed by atoms with E-state index in [-0.39, 0.29) is 0 Å². The van der Waals surface area contributed by atoms with Gasteiger partial charge in [0.15, 0.2) is 5.96 Å². The van der Waals surface area contributed by atoms with Crippen LogP contribution in [-0.2, 0) is 16.0 Å². The summed E-state index contributed by atoms with van der Waals surface area (Å²) in [7, 11) is 1.73. The van der Waals surface area contributed by atoms with E-state index < -0.39 is 0 Å². The first-order valence-corrected chi connectivity index (χ1v) is 9.84. The Hall–Kier alpha value is -1.59. The lowest BCUT2D eigenvalue weighted by Gasteiger charge is -2.34. The van der Waals surface area contributed by atoms with Crippen molar-refractivity contribution in [1.29, 1.82) is 0 Å². The van der Waals surface area contributed by atoms with Gasteiger partial charge in [-0.15, -0.1) is 0 Å². The molecule has 1 aromatic rings. The van der Waals surface area contributed by atoms with Crippen LogP contribution in [0, 0.1) is 13.8 Å². The average Bonchev–Trinajstić information content (AvgIpc) is 2.64. The third kappa shape index (κ3) is 6.61. The second kappa shape index (κ2) is 11.2. The van der Waals surface area contributed by atoms with Gasteiger partial charge in [0.05, 0.1) is 12.6 Å². The van der Waals surface area contributed by atoms with Crippen LogP contribution in [0.2, 0.25) is 0 Å². The molecule has 0 saturated carbocycles. The van der Waals surface area contributed by atoms with E-state index in [1.165, 1.54) is 16.7 Å². The quantitative estimate of drug-likeness (QED) is 0.438. The fourth-order valence-corrected chi connectivity index (χ4v) is 3.30. The number of ether oxygens (including phenoxy) is 2. The summed E-state index contributed by atoms with van der Waals surface area (Å²) in [6, 6.07) is 6.58. The zero-order valence-corrected chi connectivity index (χ0v) is 16.9. The summed E-state index contributed by atoms with van der Waals surface area (Å²) in [5.74, 6) is 1.02. The van der Waals surface area contributed by atoms with Gasteiger partial charge < -0.3 is 19.7 Å². The van der Waals surface area contributed by atoms with Crippen molar-refractivity contribution in [2.45, 2.75) is 52.7 Å². The van der Waals surface area contributed by atoms with Crippen LogP contribution in [0.25, 0.3) is 0 Å². The lowest BCUT2D eigenvalue weighted by molar-refractivity contribution is 0.00990. The van der Waals surface area contributed by atoms with E-state index in [0.717, 1.165) is 64.6 Å². The second-order valence-corrected chi connectivity index (χ2v) is 7.00. The first-order valence-electron chi connectivity index (χ1n) is 9.84.